The van der Waals surface area contributed by atoms with E-state index in [0.717, 1.165) is 45.7 Å². The molecule has 1 aliphatic heterocycles. The Labute approximate surface area is 176 Å². The first kappa shape index (κ1) is 20.2. The molecule has 0 amide bonds. The minimum absolute atomic E-state index is 0.0716. The van der Waals surface area contributed by atoms with Crippen LogP contribution in [-0.2, 0) is 22.9 Å². The summed E-state index contributed by atoms with van der Waals surface area (Å²) < 4.78 is 35.0. The third-order valence-electron chi connectivity index (χ3n) is 5.28. The molecule has 1 aliphatic rings. The molecule has 5 nitrogen and oxygen atoms in total. The van der Waals surface area contributed by atoms with Crippen LogP contribution in [0.2, 0.25) is 0 Å². The Kier molecular flexibility index (Phi) is 5.37. The SMILES string of the molecule is CCc1cc(C2=C(c3ccc(S(N)(=O)=O)cc3)Oc3ccccc3C2)ccc1OC. The van der Waals surface area contributed by atoms with E-state index in [1.807, 2.05) is 30.3 Å². The Balaban J connectivity index is 1.87. The van der Waals surface area contributed by atoms with Crippen LogP contribution >= 0.6 is 0 Å². The van der Waals surface area contributed by atoms with Gasteiger partial charge < -0.3 is 9.47 Å². The van der Waals surface area contributed by atoms with Crippen LogP contribution in [0, 0.1) is 0 Å². The molecule has 0 aromatic heterocycles. The van der Waals surface area contributed by atoms with Gasteiger partial charge in [0.25, 0.3) is 0 Å². The second kappa shape index (κ2) is 7.97. The van der Waals surface area contributed by atoms with Crippen LogP contribution in [0.15, 0.2) is 71.6 Å². The average Bonchev–Trinajstić information content (AvgIpc) is 2.77. The van der Waals surface area contributed by atoms with Crippen molar-refractivity contribution in [2.45, 2.75) is 24.7 Å². The molecule has 3 aromatic carbocycles. The van der Waals surface area contributed by atoms with Gasteiger partial charge in [-0.2, -0.15) is 0 Å². The molecule has 0 atom stereocenters. The van der Waals surface area contributed by atoms with Gasteiger partial charge in [0, 0.05) is 17.6 Å². The summed E-state index contributed by atoms with van der Waals surface area (Å²) in [6.45, 7) is 2.09. The van der Waals surface area contributed by atoms with Crippen LogP contribution in [0.25, 0.3) is 11.3 Å². The average molecular weight is 422 g/mol. The van der Waals surface area contributed by atoms with Gasteiger partial charge in [-0.3, -0.25) is 0 Å². The normalized spacial score (nSPS) is 13.6. The quantitative estimate of drug-likeness (QED) is 0.662. The second-order valence-corrected chi connectivity index (χ2v) is 8.71. The zero-order valence-corrected chi connectivity index (χ0v) is 17.7. The highest BCUT2D eigenvalue weighted by molar-refractivity contribution is 7.89. The van der Waals surface area contributed by atoms with Gasteiger partial charge >= 0.3 is 0 Å². The van der Waals surface area contributed by atoms with Crippen molar-refractivity contribution in [1.29, 1.82) is 0 Å². The molecule has 4 rings (SSSR count). The Morgan fingerprint density at radius 3 is 2.37 bits per heavy atom. The zero-order chi connectivity index (χ0) is 21.3. The van der Waals surface area contributed by atoms with Crippen molar-refractivity contribution in [2.75, 3.05) is 7.11 Å². The van der Waals surface area contributed by atoms with Gasteiger partial charge in [-0.05, 0) is 65.6 Å². The molecular formula is C24H23NO4S. The summed E-state index contributed by atoms with van der Waals surface area (Å²) in [6.07, 6.45) is 1.55. The molecule has 30 heavy (non-hydrogen) atoms. The molecule has 0 saturated heterocycles. The fraction of sp³-hybridized carbons (Fsp3) is 0.167. The van der Waals surface area contributed by atoms with Crippen LogP contribution in [0.4, 0.5) is 0 Å². The fourth-order valence-electron chi connectivity index (χ4n) is 3.70. The van der Waals surface area contributed by atoms with Gasteiger partial charge in [0.15, 0.2) is 0 Å². The van der Waals surface area contributed by atoms with Gasteiger partial charge in [-0.1, -0.05) is 31.2 Å². The number of sulfonamides is 1. The third-order valence-corrected chi connectivity index (χ3v) is 6.21. The number of primary sulfonamides is 1. The van der Waals surface area contributed by atoms with E-state index in [-0.39, 0.29) is 4.90 Å². The van der Waals surface area contributed by atoms with Crippen LogP contribution < -0.4 is 14.6 Å². The highest BCUT2D eigenvalue weighted by Gasteiger charge is 2.23. The van der Waals surface area contributed by atoms with Crippen LogP contribution in [0.3, 0.4) is 0 Å². The van der Waals surface area contributed by atoms with Gasteiger partial charge in [0.1, 0.15) is 17.3 Å². The minimum Gasteiger partial charge on any atom is -0.496 e. The van der Waals surface area contributed by atoms with Crippen molar-refractivity contribution in [2.24, 2.45) is 5.14 Å². The number of hydrogen-bond acceptors (Lipinski definition) is 4. The minimum atomic E-state index is -3.75. The predicted molar refractivity (Wildman–Crippen MR) is 118 cm³/mol. The van der Waals surface area contributed by atoms with E-state index in [1.165, 1.54) is 12.1 Å². The van der Waals surface area contributed by atoms with E-state index in [4.69, 9.17) is 14.6 Å². The van der Waals surface area contributed by atoms with Gasteiger partial charge in [0.2, 0.25) is 10.0 Å². The highest BCUT2D eigenvalue weighted by atomic mass is 32.2. The number of rotatable bonds is 5. The molecule has 3 aromatic rings. The van der Waals surface area contributed by atoms with Crippen molar-refractivity contribution in [3.63, 3.8) is 0 Å². The number of benzene rings is 3. The van der Waals surface area contributed by atoms with Crippen molar-refractivity contribution in [1.82, 2.24) is 0 Å². The van der Waals surface area contributed by atoms with Gasteiger partial charge in [-0.15, -0.1) is 0 Å². The molecular weight excluding hydrogens is 398 g/mol. The maximum absolute atomic E-state index is 11.6. The molecule has 0 unspecified atom stereocenters. The second-order valence-electron chi connectivity index (χ2n) is 7.14. The Hall–Kier alpha value is -3.09. The topological polar surface area (TPSA) is 78.6 Å². The van der Waals surface area contributed by atoms with E-state index in [2.05, 4.69) is 19.1 Å². The summed E-state index contributed by atoms with van der Waals surface area (Å²) in [5, 5.41) is 5.24. The summed E-state index contributed by atoms with van der Waals surface area (Å²) in [7, 11) is -2.08. The summed E-state index contributed by atoms with van der Waals surface area (Å²) >= 11 is 0. The Morgan fingerprint density at radius 2 is 1.70 bits per heavy atom. The third kappa shape index (κ3) is 3.84. The van der Waals surface area contributed by atoms with Crippen LogP contribution in [0.1, 0.15) is 29.2 Å². The number of allylic oxidation sites excluding steroid dienone is 1. The molecule has 0 spiro atoms. The Bertz CT molecular complexity index is 1230. The van der Waals surface area contributed by atoms with E-state index in [0.29, 0.717) is 12.2 Å². The molecule has 0 bridgehead atoms. The van der Waals surface area contributed by atoms with Crippen molar-refractivity contribution in [3.8, 4) is 11.5 Å². The van der Waals surface area contributed by atoms with Crippen LogP contribution in [-0.4, -0.2) is 15.5 Å². The van der Waals surface area contributed by atoms with Gasteiger partial charge in [-0.25, -0.2) is 13.6 Å². The maximum Gasteiger partial charge on any atom is 0.238 e. The van der Waals surface area contributed by atoms with E-state index < -0.39 is 10.0 Å². The number of ether oxygens (including phenoxy) is 2. The largest absolute Gasteiger partial charge is 0.496 e. The molecule has 0 aliphatic carbocycles. The summed E-state index contributed by atoms with van der Waals surface area (Å²) in [5.74, 6) is 2.37. The summed E-state index contributed by atoms with van der Waals surface area (Å²) in [5.41, 5.74) is 5.10. The smallest absolute Gasteiger partial charge is 0.238 e. The number of hydrogen-bond donors (Lipinski definition) is 1. The lowest BCUT2D eigenvalue weighted by Crippen LogP contribution is -2.13. The predicted octanol–water partition coefficient (Wildman–Crippen LogP) is 4.41. The highest BCUT2D eigenvalue weighted by Crippen LogP contribution is 2.40. The first-order valence-electron chi connectivity index (χ1n) is 9.70. The molecule has 1 heterocycles. The van der Waals surface area contributed by atoms with E-state index >= 15 is 0 Å². The maximum atomic E-state index is 11.6. The molecule has 2 N–H and O–H groups in total. The van der Waals surface area contributed by atoms with Crippen molar-refractivity contribution in [3.05, 3.63) is 89.0 Å². The fourth-order valence-corrected chi connectivity index (χ4v) is 4.21. The summed E-state index contributed by atoms with van der Waals surface area (Å²) in [4.78, 5) is 0.0716. The van der Waals surface area contributed by atoms with Gasteiger partial charge in [0.05, 0.1) is 12.0 Å². The molecule has 154 valence electrons. The number of nitrogens with two attached hydrogens (primary N) is 1. The lowest BCUT2D eigenvalue weighted by molar-refractivity contribution is 0.410. The van der Waals surface area contributed by atoms with Crippen LogP contribution in [0.5, 0.6) is 11.5 Å². The lowest BCUT2D eigenvalue weighted by atomic mass is 9.91. The van der Waals surface area contributed by atoms with Crippen molar-refractivity contribution >= 4 is 21.4 Å². The number of methoxy groups -OCH3 is 1. The molecule has 0 saturated carbocycles. The molecule has 0 radical (unpaired) electrons. The Morgan fingerprint density at radius 1 is 1.00 bits per heavy atom. The van der Waals surface area contributed by atoms with Crippen molar-refractivity contribution < 1.29 is 17.9 Å². The standard InChI is InChI=1S/C24H23NO4S/c1-3-16-14-18(10-13-22(16)28-2)21-15-19-6-4-5-7-23(19)29-24(21)17-8-11-20(12-9-17)30(25,26)27/h4-14H,3,15H2,1-2H3,(H2,25,26,27). The first-order valence-corrected chi connectivity index (χ1v) is 11.2. The summed E-state index contributed by atoms with van der Waals surface area (Å²) in [6, 6.07) is 20.5. The first-order chi connectivity index (χ1) is 14.4. The number of fused-ring (bicyclic) bond motifs is 1. The van der Waals surface area contributed by atoms with E-state index in [9.17, 15) is 8.42 Å². The molecule has 0 fully saturated rings. The lowest BCUT2D eigenvalue weighted by Gasteiger charge is -2.25. The monoisotopic (exact) mass is 421 g/mol. The number of aryl methyl sites for hydroxylation is 1. The number of para-hydroxylation sites is 1. The van der Waals surface area contributed by atoms with E-state index in [1.54, 1.807) is 19.2 Å². The zero-order valence-electron chi connectivity index (χ0n) is 16.9. The molecule has 6 heteroatoms.